The van der Waals surface area contributed by atoms with Gasteiger partial charge in [-0.15, -0.1) is 0 Å². The molecule has 1 unspecified atom stereocenters. The Morgan fingerprint density at radius 2 is 1.97 bits per heavy atom. The van der Waals surface area contributed by atoms with Crippen LogP contribution < -0.4 is 5.32 Å². The SMILES string of the molecule is Cc1cc(S(=O)C(F)(F)C2CCN(C(=O)Nc3ccnnc3)CC2)n(C2CC2)n1. The maximum atomic E-state index is 15.1. The Morgan fingerprint density at radius 1 is 1.24 bits per heavy atom. The highest BCUT2D eigenvalue weighted by atomic mass is 32.2. The summed E-state index contributed by atoms with van der Waals surface area (Å²) in [6.45, 7) is 2.05. The number of anilines is 1. The van der Waals surface area contributed by atoms with Crippen LogP contribution in [0.15, 0.2) is 29.6 Å². The predicted molar refractivity (Wildman–Crippen MR) is 102 cm³/mol. The summed E-state index contributed by atoms with van der Waals surface area (Å²) in [7, 11) is -2.48. The lowest BCUT2D eigenvalue weighted by molar-refractivity contribution is 0.00470. The normalized spacial score (nSPS) is 19.2. The van der Waals surface area contributed by atoms with Crippen molar-refractivity contribution in [3.63, 3.8) is 0 Å². The molecule has 11 heteroatoms. The van der Waals surface area contributed by atoms with Crippen molar-refractivity contribution >= 4 is 22.5 Å². The molecular weight excluding hydrogens is 402 g/mol. The number of nitrogens with zero attached hydrogens (tertiary/aromatic N) is 5. The van der Waals surface area contributed by atoms with E-state index in [0.29, 0.717) is 11.4 Å². The average Bonchev–Trinajstić information content (AvgIpc) is 3.50. The minimum Gasteiger partial charge on any atom is -0.325 e. The van der Waals surface area contributed by atoms with Gasteiger partial charge in [-0.3, -0.25) is 4.68 Å². The maximum Gasteiger partial charge on any atom is 0.329 e. The van der Waals surface area contributed by atoms with E-state index in [4.69, 9.17) is 0 Å². The van der Waals surface area contributed by atoms with Crippen molar-refractivity contribution in [1.29, 1.82) is 0 Å². The van der Waals surface area contributed by atoms with E-state index in [1.54, 1.807) is 13.0 Å². The van der Waals surface area contributed by atoms with Gasteiger partial charge in [-0.05, 0) is 44.7 Å². The number of nitrogens with one attached hydrogen (secondary N) is 1. The molecular formula is C18H22F2N6O2S. The lowest BCUT2D eigenvalue weighted by Gasteiger charge is -2.35. The first-order valence-electron chi connectivity index (χ1n) is 9.54. The Bertz CT molecular complexity index is 910. The first kappa shape index (κ1) is 19.9. The second-order valence-electron chi connectivity index (χ2n) is 7.45. The Balaban J connectivity index is 1.39. The third kappa shape index (κ3) is 4.14. The molecule has 2 aromatic rings. The summed E-state index contributed by atoms with van der Waals surface area (Å²) < 4.78 is 44.4. The van der Waals surface area contributed by atoms with Crippen LogP contribution in [0.4, 0.5) is 19.3 Å². The van der Waals surface area contributed by atoms with Gasteiger partial charge in [0, 0.05) is 19.0 Å². The van der Waals surface area contributed by atoms with Crippen molar-refractivity contribution in [2.24, 2.45) is 5.92 Å². The number of alkyl halides is 2. The minimum absolute atomic E-state index is 0.0756. The van der Waals surface area contributed by atoms with Crippen LogP contribution in [0.1, 0.15) is 37.4 Å². The molecule has 1 aliphatic heterocycles. The lowest BCUT2D eigenvalue weighted by atomic mass is 9.97. The van der Waals surface area contributed by atoms with E-state index in [1.165, 1.54) is 28.0 Å². The standard InChI is InChI=1S/C18H22F2N6O2S/c1-12-10-16(26(24-12)15-2-3-15)29(28)18(19,20)13-5-8-25(9-6-13)17(27)23-14-4-7-21-22-11-14/h4,7,10-11,13,15H,2-3,5-6,8-9H2,1H3,(H,21,23,27). The summed E-state index contributed by atoms with van der Waals surface area (Å²) in [5.74, 6) is -1.06. The summed E-state index contributed by atoms with van der Waals surface area (Å²) in [5, 5.41) is 10.9. The number of carbonyl (C=O) groups is 1. The summed E-state index contributed by atoms with van der Waals surface area (Å²) in [6.07, 6.45) is 4.77. The minimum atomic E-state index is -3.38. The topological polar surface area (TPSA) is 93.0 Å². The molecule has 1 N–H and O–H groups in total. The molecule has 2 aliphatic rings. The first-order valence-corrected chi connectivity index (χ1v) is 10.7. The molecule has 1 aliphatic carbocycles. The summed E-state index contributed by atoms with van der Waals surface area (Å²) in [6, 6.07) is 2.79. The van der Waals surface area contributed by atoms with Crippen molar-refractivity contribution in [2.75, 3.05) is 18.4 Å². The fraction of sp³-hybridized carbons (Fsp3) is 0.556. The highest BCUT2D eigenvalue weighted by molar-refractivity contribution is 7.86. The molecule has 1 saturated carbocycles. The Labute approximate surface area is 169 Å². The van der Waals surface area contributed by atoms with Crippen LogP contribution in [-0.4, -0.2) is 53.5 Å². The van der Waals surface area contributed by atoms with Gasteiger partial charge in [-0.25, -0.2) is 9.00 Å². The average molecular weight is 424 g/mol. The van der Waals surface area contributed by atoms with Crippen molar-refractivity contribution in [3.8, 4) is 0 Å². The highest BCUT2D eigenvalue weighted by Gasteiger charge is 2.49. The molecule has 2 aromatic heterocycles. The van der Waals surface area contributed by atoms with Crippen LogP contribution in [0, 0.1) is 12.8 Å². The van der Waals surface area contributed by atoms with Crippen molar-refractivity contribution < 1.29 is 17.8 Å². The number of halogens is 2. The molecule has 3 heterocycles. The van der Waals surface area contributed by atoms with Crippen LogP contribution in [0.25, 0.3) is 0 Å². The fourth-order valence-electron chi connectivity index (χ4n) is 3.49. The Morgan fingerprint density at radius 3 is 2.59 bits per heavy atom. The van der Waals surface area contributed by atoms with Gasteiger partial charge in [0.15, 0.2) is 0 Å². The second kappa shape index (κ2) is 7.77. The molecule has 4 rings (SSSR count). The highest BCUT2D eigenvalue weighted by Crippen LogP contribution is 2.42. The fourth-order valence-corrected chi connectivity index (χ4v) is 4.94. The van der Waals surface area contributed by atoms with E-state index < -0.39 is 22.0 Å². The zero-order valence-corrected chi connectivity index (χ0v) is 16.7. The molecule has 156 valence electrons. The predicted octanol–water partition coefficient (Wildman–Crippen LogP) is 2.96. The van der Waals surface area contributed by atoms with Gasteiger partial charge in [0.05, 0.1) is 29.8 Å². The Hall–Kier alpha value is -2.43. The molecule has 2 fully saturated rings. The van der Waals surface area contributed by atoms with E-state index in [9.17, 15) is 9.00 Å². The zero-order valence-electron chi connectivity index (χ0n) is 15.9. The first-order chi connectivity index (χ1) is 13.9. The molecule has 1 saturated heterocycles. The van der Waals surface area contributed by atoms with Crippen molar-refractivity contribution in [3.05, 3.63) is 30.2 Å². The van der Waals surface area contributed by atoms with Crippen LogP contribution >= 0.6 is 0 Å². The number of urea groups is 1. The van der Waals surface area contributed by atoms with Gasteiger partial charge in [-0.1, -0.05) is 0 Å². The number of amides is 2. The van der Waals surface area contributed by atoms with Crippen LogP contribution in [0.3, 0.4) is 0 Å². The van der Waals surface area contributed by atoms with Crippen LogP contribution in [0.5, 0.6) is 0 Å². The zero-order chi connectivity index (χ0) is 20.6. The quantitative estimate of drug-likeness (QED) is 0.797. The molecule has 29 heavy (non-hydrogen) atoms. The van der Waals surface area contributed by atoms with E-state index in [-0.39, 0.29) is 43.0 Å². The largest absolute Gasteiger partial charge is 0.329 e. The van der Waals surface area contributed by atoms with Crippen molar-refractivity contribution in [1.82, 2.24) is 24.9 Å². The van der Waals surface area contributed by atoms with Gasteiger partial charge >= 0.3 is 11.3 Å². The smallest absolute Gasteiger partial charge is 0.325 e. The number of rotatable bonds is 5. The van der Waals surface area contributed by atoms with Crippen molar-refractivity contribution in [2.45, 2.75) is 48.9 Å². The molecule has 0 bridgehead atoms. The summed E-state index contributed by atoms with van der Waals surface area (Å²) >= 11 is 0. The number of aryl methyl sites for hydroxylation is 1. The van der Waals surface area contributed by atoms with E-state index >= 15 is 8.78 Å². The molecule has 8 nitrogen and oxygen atoms in total. The summed E-state index contributed by atoms with van der Waals surface area (Å²) in [4.78, 5) is 13.8. The van der Waals surface area contributed by atoms with Gasteiger partial charge in [0.1, 0.15) is 15.8 Å². The van der Waals surface area contributed by atoms with Crippen LogP contribution in [0.2, 0.25) is 0 Å². The van der Waals surface area contributed by atoms with Gasteiger partial charge in [0.2, 0.25) is 0 Å². The molecule has 0 aromatic carbocycles. The Kier molecular flexibility index (Phi) is 5.32. The number of hydrogen-bond acceptors (Lipinski definition) is 5. The molecule has 0 radical (unpaired) electrons. The number of piperidine rings is 1. The van der Waals surface area contributed by atoms with E-state index in [0.717, 1.165) is 12.8 Å². The van der Waals surface area contributed by atoms with Crippen LogP contribution in [-0.2, 0) is 10.8 Å². The van der Waals surface area contributed by atoms with E-state index in [2.05, 4.69) is 20.6 Å². The second-order valence-corrected chi connectivity index (χ2v) is 8.95. The van der Waals surface area contributed by atoms with E-state index in [1.807, 2.05) is 0 Å². The third-order valence-electron chi connectivity index (χ3n) is 5.25. The number of aromatic nitrogens is 4. The number of hydrogen-bond donors (Lipinski definition) is 1. The van der Waals surface area contributed by atoms with Gasteiger partial charge < -0.3 is 10.2 Å². The number of likely N-dealkylation sites (tertiary alicyclic amines) is 1. The molecule has 1 atom stereocenters. The number of carbonyl (C=O) groups excluding carboxylic acids is 1. The summed E-state index contributed by atoms with van der Waals surface area (Å²) in [5.41, 5.74) is 1.08. The van der Waals surface area contributed by atoms with Gasteiger partial charge in [0.25, 0.3) is 0 Å². The monoisotopic (exact) mass is 424 g/mol. The molecule has 2 amide bonds. The maximum absolute atomic E-state index is 15.1. The third-order valence-corrected chi connectivity index (χ3v) is 6.76. The lowest BCUT2D eigenvalue weighted by Crippen LogP contribution is -2.46. The van der Waals surface area contributed by atoms with Gasteiger partial charge in [-0.2, -0.15) is 24.1 Å². The molecule has 0 spiro atoms.